The highest BCUT2D eigenvalue weighted by molar-refractivity contribution is 7.85. The van der Waals surface area contributed by atoms with Gasteiger partial charge in [0.25, 0.3) is 10.1 Å². The van der Waals surface area contributed by atoms with Crippen molar-refractivity contribution in [1.29, 1.82) is 0 Å². The van der Waals surface area contributed by atoms with Crippen LogP contribution < -0.4 is 0 Å². The predicted octanol–water partition coefficient (Wildman–Crippen LogP) is -0.593. The summed E-state index contributed by atoms with van der Waals surface area (Å²) in [6.07, 6.45) is 1.12. The van der Waals surface area contributed by atoms with E-state index in [1.807, 2.05) is 0 Å². The monoisotopic (exact) mass is 220 g/mol. The molecule has 7 nitrogen and oxygen atoms in total. The molecule has 3 N–H and O–H groups in total. The van der Waals surface area contributed by atoms with Crippen LogP contribution >= 0.6 is 0 Å². The molecule has 0 unspecified atom stereocenters. The molecule has 0 radical (unpaired) electrons. The predicted molar refractivity (Wildman–Crippen MR) is 40.8 cm³/mol. The van der Waals surface area contributed by atoms with Gasteiger partial charge in [-0.3, -0.25) is 13.7 Å². The maximum atomic E-state index is 9.72. The molecule has 0 aliphatic heterocycles. The lowest BCUT2D eigenvalue weighted by Gasteiger charge is -1.82. The summed E-state index contributed by atoms with van der Waals surface area (Å²) >= 11 is 0. The van der Waals surface area contributed by atoms with Gasteiger partial charge in [-0.2, -0.15) is 16.8 Å². The van der Waals surface area contributed by atoms with Gasteiger partial charge in [0.05, 0.1) is 5.75 Å². The van der Waals surface area contributed by atoms with Crippen molar-refractivity contribution in [3.8, 4) is 0 Å². The van der Waals surface area contributed by atoms with Crippen molar-refractivity contribution in [2.24, 2.45) is 0 Å². The molecule has 74 valence electrons. The molecular weight excluding hydrogens is 212 g/mol. The molecule has 0 spiro atoms. The van der Waals surface area contributed by atoms with Gasteiger partial charge in [-0.05, 0) is 0 Å². The Labute approximate surface area is 70.0 Å². The van der Waals surface area contributed by atoms with Gasteiger partial charge < -0.3 is 0 Å². The van der Waals surface area contributed by atoms with Crippen LogP contribution in [0.15, 0.2) is 12.7 Å². The molecule has 9 heteroatoms. The Morgan fingerprint density at radius 2 is 1.33 bits per heavy atom. The van der Waals surface area contributed by atoms with Crippen LogP contribution in [0.25, 0.3) is 0 Å². The number of hydrogen-bond donors (Lipinski definition) is 3. The number of hydrogen-bond acceptors (Lipinski definition) is 4. The Hall–Kier alpha value is -0.480. The molecule has 0 saturated carbocycles. The summed E-state index contributed by atoms with van der Waals surface area (Å²) in [6, 6.07) is 0. The highest BCUT2D eigenvalue weighted by Gasteiger charge is 1.95. The second kappa shape index (κ2) is 5.22. The summed E-state index contributed by atoms with van der Waals surface area (Å²) in [6.45, 7) is 3.11. The average Bonchev–Trinajstić information content (AvgIpc) is 1.54. The van der Waals surface area contributed by atoms with E-state index in [4.69, 9.17) is 22.1 Å². The van der Waals surface area contributed by atoms with Gasteiger partial charge in [-0.1, -0.05) is 6.08 Å². The quantitative estimate of drug-likeness (QED) is 0.418. The van der Waals surface area contributed by atoms with E-state index in [1.54, 1.807) is 0 Å². The second-order valence-corrected chi connectivity index (χ2v) is 3.88. The molecule has 0 bridgehead atoms. The molecule has 0 atom stereocenters. The van der Waals surface area contributed by atoms with Gasteiger partial charge in [0, 0.05) is 0 Å². The lowest BCUT2D eigenvalue weighted by molar-refractivity contribution is 0.381. The molecule has 0 aliphatic carbocycles. The molecule has 0 aromatic carbocycles. The lowest BCUT2D eigenvalue weighted by Crippen LogP contribution is -1.99. The molecule has 0 aromatic heterocycles. The van der Waals surface area contributed by atoms with Crippen molar-refractivity contribution in [3.63, 3.8) is 0 Å². The zero-order valence-corrected chi connectivity index (χ0v) is 7.42. The largest absolute Gasteiger partial charge is 0.394 e. The third-order valence-electron chi connectivity index (χ3n) is 0.328. The maximum Gasteiger partial charge on any atom is 0.394 e. The summed E-state index contributed by atoms with van der Waals surface area (Å²) in [7, 11) is -8.46. The summed E-state index contributed by atoms with van der Waals surface area (Å²) in [5.74, 6) is -0.368. The fourth-order valence-corrected chi connectivity index (χ4v) is 0.447. The van der Waals surface area contributed by atoms with Crippen molar-refractivity contribution in [2.75, 3.05) is 5.75 Å². The standard InChI is InChI=1S/C3H6O3S.H2O4S/c1-2-3-7(4,5)6;1-5(2,3)4/h2H,1,3H2,(H,4,5,6);(H2,1,2,3,4). The first kappa shape index (κ1) is 14.1. The zero-order chi connectivity index (χ0) is 10.4. The van der Waals surface area contributed by atoms with E-state index in [1.165, 1.54) is 0 Å². The van der Waals surface area contributed by atoms with E-state index in [-0.39, 0.29) is 5.75 Å². The average molecular weight is 220 g/mol. The van der Waals surface area contributed by atoms with Gasteiger partial charge >= 0.3 is 10.4 Å². The van der Waals surface area contributed by atoms with E-state index < -0.39 is 20.5 Å². The van der Waals surface area contributed by atoms with Crippen LogP contribution in [-0.2, 0) is 20.5 Å². The Morgan fingerprint density at radius 1 is 1.08 bits per heavy atom. The Balaban J connectivity index is 0. The van der Waals surface area contributed by atoms with Gasteiger partial charge in [-0.15, -0.1) is 6.58 Å². The highest BCUT2D eigenvalue weighted by Crippen LogP contribution is 1.78. The van der Waals surface area contributed by atoms with Gasteiger partial charge in [0.15, 0.2) is 0 Å². The van der Waals surface area contributed by atoms with E-state index in [2.05, 4.69) is 6.58 Å². The van der Waals surface area contributed by atoms with Crippen LogP contribution in [0, 0.1) is 0 Å². The van der Waals surface area contributed by atoms with E-state index in [0.717, 1.165) is 6.08 Å². The minimum Gasteiger partial charge on any atom is -0.285 e. The molecule has 0 amide bonds. The van der Waals surface area contributed by atoms with Gasteiger partial charge in [-0.25, -0.2) is 0 Å². The summed E-state index contributed by atoms with van der Waals surface area (Å²) in [5, 5.41) is 0. The lowest BCUT2D eigenvalue weighted by atomic mass is 10.8. The maximum absolute atomic E-state index is 9.72. The first-order valence-corrected chi connectivity index (χ1v) is 5.33. The van der Waals surface area contributed by atoms with Crippen LogP contribution in [-0.4, -0.2) is 36.2 Å². The van der Waals surface area contributed by atoms with E-state index in [9.17, 15) is 8.42 Å². The SMILES string of the molecule is C=CCS(=O)(=O)O.O=S(=O)(O)O. The molecular formula is C3H8O7S2. The van der Waals surface area contributed by atoms with Crippen LogP contribution in [0.1, 0.15) is 0 Å². The normalized spacial score (nSPS) is 11.2. The fourth-order valence-electron chi connectivity index (χ4n) is 0.149. The first-order chi connectivity index (χ1) is 5.06. The molecule has 0 rings (SSSR count). The molecule has 12 heavy (non-hydrogen) atoms. The molecule has 0 aliphatic rings. The third kappa shape index (κ3) is 55.8. The first-order valence-electron chi connectivity index (χ1n) is 2.32. The van der Waals surface area contributed by atoms with Crippen molar-refractivity contribution < 1.29 is 30.5 Å². The zero-order valence-electron chi connectivity index (χ0n) is 5.78. The minimum atomic E-state index is -4.67. The van der Waals surface area contributed by atoms with Crippen molar-refractivity contribution in [3.05, 3.63) is 12.7 Å². The summed E-state index contributed by atoms with van der Waals surface area (Å²) < 4.78 is 58.9. The fraction of sp³-hybridized carbons (Fsp3) is 0.333. The summed E-state index contributed by atoms with van der Waals surface area (Å²) in [5.41, 5.74) is 0. The van der Waals surface area contributed by atoms with Crippen LogP contribution in [0.3, 0.4) is 0 Å². The van der Waals surface area contributed by atoms with Crippen molar-refractivity contribution in [2.45, 2.75) is 0 Å². The van der Waals surface area contributed by atoms with Gasteiger partial charge in [0.2, 0.25) is 0 Å². The number of rotatable bonds is 2. The van der Waals surface area contributed by atoms with Crippen molar-refractivity contribution >= 4 is 20.5 Å². The van der Waals surface area contributed by atoms with Crippen molar-refractivity contribution in [1.82, 2.24) is 0 Å². The Morgan fingerprint density at radius 3 is 1.33 bits per heavy atom. The van der Waals surface area contributed by atoms with Gasteiger partial charge in [0.1, 0.15) is 0 Å². The minimum absolute atomic E-state index is 0.368. The Kier molecular flexibility index (Phi) is 6.11. The topological polar surface area (TPSA) is 129 Å². The molecule has 0 aromatic rings. The third-order valence-corrected chi connectivity index (χ3v) is 0.985. The Bertz CT molecular complexity index is 301. The van der Waals surface area contributed by atoms with Crippen LogP contribution in [0.4, 0.5) is 0 Å². The van der Waals surface area contributed by atoms with E-state index >= 15 is 0 Å². The van der Waals surface area contributed by atoms with Crippen LogP contribution in [0.2, 0.25) is 0 Å². The second-order valence-electron chi connectivity index (χ2n) is 1.49. The highest BCUT2D eigenvalue weighted by atomic mass is 32.3. The van der Waals surface area contributed by atoms with Crippen LogP contribution in [0.5, 0.6) is 0 Å². The van der Waals surface area contributed by atoms with E-state index in [0.29, 0.717) is 0 Å². The molecule has 0 fully saturated rings. The smallest absolute Gasteiger partial charge is 0.285 e. The summed E-state index contributed by atoms with van der Waals surface area (Å²) in [4.78, 5) is 0. The molecule has 0 saturated heterocycles. The molecule has 0 heterocycles.